The van der Waals surface area contributed by atoms with Gasteiger partial charge in [0.2, 0.25) is 20.0 Å². The summed E-state index contributed by atoms with van der Waals surface area (Å²) in [7, 11) is -2.90. The summed E-state index contributed by atoms with van der Waals surface area (Å²) < 4.78 is 51.8. The number of hydrogen-bond donors (Lipinski definition) is 2. The Kier molecular flexibility index (Phi) is 5.88. The topological polar surface area (TPSA) is 95.6 Å². The molecule has 1 unspecified atom stereocenters. The van der Waals surface area contributed by atoms with Crippen LogP contribution in [0, 0.1) is 0 Å². The highest BCUT2D eigenvalue weighted by molar-refractivity contribution is 7.90. The molecule has 0 aromatic heterocycles. The predicted molar refractivity (Wildman–Crippen MR) is 81.0 cm³/mol. The van der Waals surface area contributed by atoms with E-state index in [4.69, 9.17) is 0 Å². The molecule has 120 valence electrons. The quantitative estimate of drug-likeness (QED) is 0.721. The third kappa shape index (κ3) is 4.48. The molecule has 0 heterocycles. The Morgan fingerprint density at radius 3 is 2.24 bits per heavy atom. The van der Waals surface area contributed by atoms with Crippen molar-refractivity contribution >= 4 is 20.0 Å². The summed E-state index contributed by atoms with van der Waals surface area (Å²) in [6.45, 7) is 2.04. The lowest BCUT2D eigenvalue weighted by atomic mass is 10.4. The Labute approximate surface area is 126 Å². The van der Waals surface area contributed by atoms with E-state index >= 15 is 0 Å². The molecule has 2 N–H and O–H groups in total. The molecule has 0 bridgehead atoms. The van der Waals surface area contributed by atoms with Crippen LogP contribution >= 0.6 is 0 Å². The van der Waals surface area contributed by atoms with E-state index in [0.717, 1.165) is 10.4 Å². The summed E-state index contributed by atoms with van der Waals surface area (Å²) in [6.07, 6.45) is 0. The Bertz CT molecular complexity index is 684. The highest BCUT2D eigenvalue weighted by Gasteiger charge is 2.21. The zero-order valence-electron chi connectivity index (χ0n) is 12.5. The molecule has 1 aromatic rings. The summed E-state index contributed by atoms with van der Waals surface area (Å²) in [5, 5.41) is 2.91. The Hall–Kier alpha value is -1.00. The summed E-state index contributed by atoms with van der Waals surface area (Å²) in [6, 6.07) is 5.26. The molecule has 0 aliphatic rings. The first-order valence-electron chi connectivity index (χ1n) is 6.31. The van der Waals surface area contributed by atoms with Crippen LogP contribution in [0.1, 0.15) is 6.92 Å². The molecule has 0 saturated heterocycles. The number of likely N-dealkylation sites (N-methyl/N-ethyl adjacent to an activating group) is 1. The molecule has 1 aromatic carbocycles. The van der Waals surface area contributed by atoms with Gasteiger partial charge >= 0.3 is 0 Å². The highest BCUT2D eigenvalue weighted by Crippen LogP contribution is 2.17. The largest absolute Gasteiger partial charge is 0.316 e. The van der Waals surface area contributed by atoms with Crippen LogP contribution < -0.4 is 10.0 Å². The van der Waals surface area contributed by atoms with Gasteiger partial charge in [0.1, 0.15) is 0 Å². The minimum atomic E-state index is -3.75. The zero-order valence-corrected chi connectivity index (χ0v) is 14.1. The highest BCUT2D eigenvalue weighted by atomic mass is 32.2. The van der Waals surface area contributed by atoms with Crippen LogP contribution in [0.3, 0.4) is 0 Å². The fraction of sp³-hybridized carbons (Fsp3) is 0.500. The van der Waals surface area contributed by atoms with Gasteiger partial charge in [-0.1, -0.05) is 6.07 Å². The van der Waals surface area contributed by atoms with Crippen molar-refractivity contribution in [3.05, 3.63) is 24.3 Å². The molecule has 1 rings (SSSR count). The van der Waals surface area contributed by atoms with Crippen LogP contribution in [0.15, 0.2) is 34.1 Å². The fourth-order valence-corrected chi connectivity index (χ4v) is 3.63. The maximum absolute atomic E-state index is 12.2. The van der Waals surface area contributed by atoms with Gasteiger partial charge in [-0.3, -0.25) is 0 Å². The van der Waals surface area contributed by atoms with E-state index in [0.29, 0.717) is 0 Å². The molecule has 1 atom stereocenters. The van der Waals surface area contributed by atoms with Gasteiger partial charge in [-0.2, -0.15) is 0 Å². The van der Waals surface area contributed by atoms with Crippen molar-refractivity contribution in [1.29, 1.82) is 0 Å². The van der Waals surface area contributed by atoms with Crippen LogP contribution in [0.5, 0.6) is 0 Å². The van der Waals surface area contributed by atoms with Crippen molar-refractivity contribution in [3.63, 3.8) is 0 Å². The van der Waals surface area contributed by atoms with Gasteiger partial charge in [0.15, 0.2) is 0 Å². The number of rotatable bonds is 7. The lowest BCUT2D eigenvalue weighted by molar-refractivity contribution is 0.520. The van der Waals surface area contributed by atoms with Crippen LogP contribution in [-0.4, -0.2) is 54.9 Å². The first kappa shape index (κ1) is 18.1. The SMILES string of the molecule is CNC(C)CNS(=O)(=O)c1cccc(S(=O)(=O)N(C)C)c1. The first-order valence-corrected chi connectivity index (χ1v) is 9.23. The van der Waals surface area contributed by atoms with Crippen molar-refractivity contribution in [2.75, 3.05) is 27.7 Å². The van der Waals surface area contributed by atoms with Crippen molar-refractivity contribution < 1.29 is 16.8 Å². The molecule has 0 amide bonds. The van der Waals surface area contributed by atoms with Crippen molar-refractivity contribution in [1.82, 2.24) is 14.3 Å². The first-order chi connectivity index (χ1) is 9.61. The van der Waals surface area contributed by atoms with Gasteiger partial charge in [0.05, 0.1) is 9.79 Å². The zero-order chi connectivity index (χ0) is 16.3. The minimum absolute atomic E-state index is 0.0338. The van der Waals surface area contributed by atoms with E-state index in [9.17, 15) is 16.8 Å². The minimum Gasteiger partial charge on any atom is -0.316 e. The molecular formula is C12H21N3O4S2. The Balaban J connectivity index is 3.11. The standard InChI is InChI=1S/C12H21N3O4S2/c1-10(13-2)9-14-20(16,17)11-6-5-7-12(8-11)21(18,19)15(3)4/h5-8,10,13-14H,9H2,1-4H3. The summed E-state index contributed by atoms with van der Waals surface area (Å²) in [4.78, 5) is -0.134. The van der Waals surface area contributed by atoms with E-state index < -0.39 is 20.0 Å². The molecule has 0 aliphatic heterocycles. The predicted octanol–water partition coefficient (Wildman–Crippen LogP) is -0.177. The normalized spacial score (nSPS) is 14.3. The lowest BCUT2D eigenvalue weighted by Crippen LogP contribution is -2.37. The molecule has 0 saturated carbocycles. The average molecular weight is 335 g/mol. The van der Waals surface area contributed by atoms with E-state index in [1.54, 1.807) is 7.05 Å². The Morgan fingerprint density at radius 1 is 1.14 bits per heavy atom. The molecule has 7 nitrogen and oxygen atoms in total. The fourth-order valence-electron chi connectivity index (χ4n) is 1.43. The van der Waals surface area contributed by atoms with Gasteiger partial charge in [0, 0.05) is 26.7 Å². The van der Waals surface area contributed by atoms with Crippen LogP contribution in [0.25, 0.3) is 0 Å². The van der Waals surface area contributed by atoms with Crippen LogP contribution in [0.2, 0.25) is 0 Å². The number of nitrogens with zero attached hydrogens (tertiary/aromatic N) is 1. The van der Waals surface area contributed by atoms with Crippen LogP contribution in [-0.2, 0) is 20.0 Å². The van der Waals surface area contributed by atoms with Crippen molar-refractivity contribution in [2.45, 2.75) is 22.8 Å². The van der Waals surface area contributed by atoms with Gasteiger partial charge in [-0.25, -0.2) is 25.9 Å². The second kappa shape index (κ2) is 6.84. The van der Waals surface area contributed by atoms with Crippen molar-refractivity contribution in [2.24, 2.45) is 0 Å². The number of hydrogen-bond acceptors (Lipinski definition) is 5. The average Bonchev–Trinajstić information content (AvgIpc) is 2.44. The van der Waals surface area contributed by atoms with Crippen molar-refractivity contribution in [3.8, 4) is 0 Å². The second-order valence-electron chi connectivity index (χ2n) is 4.80. The molecule has 21 heavy (non-hydrogen) atoms. The van der Waals surface area contributed by atoms with E-state index in [2.05, 4.69) is 10.0 Å². The third-order valence-electron chi connectivity index (χ3n) is 2.97. The van der Waals surface area contributed by atoms with Gasteiger partial charge in [-0.05, 0) is 32.2 Å². The Morgan fingerprint density at radius 2 is 1.71 bits per heavy atom. The summed E-state index contributed by atoms with van der Waals surface area (Å²) in [5.74, 6) is 0. The molecule has 0 aliphatic carbocycles. The monoisotopic (exact) mass is 335 g/mol. The molecule has 0 fully saturated rings. The molecule has 0 spiro atoms. The molecular weight excluding hydrogens is 314 g/mol. The lowest BCUT2D eigenvalue weighted by Gasteiger charge is -2.14. The van der Waals surface area contributed by atoms with Gasteiger partial charge in [-0.15, -0.1) is 0 Å². The van der Waals surface area contributed by atoms with Gasteiger partial charge in [0.25, 0.3) is 0 Å². The molecule has 0 radical (unpaired) electrons. The second-order valence-corrected chi connectivity index (χ2v) is 8.72. The number of benzene rings is 1. The maximum atomic E-state index is 12.2. The van der Waals surface area contributed by atoms with E-state index in [1.807, 2.05) is 6.92 Å². The number of sulfonamides is 2. The maximum Gasteiger partial charge on any atom is 0.242 e. The van der Waals surface area contributed by atoms with Gasteiger partial charge < -0.3 is 5.32 Å². The molecule has 9 heteroatoms. The van der Waals surface area contributed by atoms with Crippen LogP contribution in [0.4, 0.5) is 0 Å². The smallest absolute Gasteiger partial charge is 0.242 e. The number of nitrogens with one attached hydrogen (secondary N) is 2. The third-order valence-corrected chi connectivity index (χ3v) is 6.20. The summed E-state index contributed by atoms with van der Waals surface area (Å²) in [5.41, 5.74) is 0. The van der Waals surface area contributed by atoms with E-state index in [-0.39, 0.29) is 22.4 Å². The van der Waals surface area contributed by atoms with E-state index in [1.165, 1.54) is 32.3 Å². The summed E-state index contributed by atoms with van der Waals surface area (Å²) >= 11 is 0.